The minimum absolute atomic E-state index is 0.107. The molecule has 0 saturated carbocycles. The molecule has 0 unspecified atom stereocenters. The molecular weight excluding hydrogens is 431 g/mol. The Bertz CT molecular complexity index is 856. The molecule has 0 aliphatic rings. The van der Waals surface area contributed by atoms with Crippen LogP contribution in [-0.4, -0.2) is 24.4 Å². The van der Waals surface area contributed by atoms with Crippen molar-refractivity contribution in [3.63, 3.8) is 0 Å². The maximum atomic E-state index is 12.8. The van der Waals surface area contributed by atoms with E-state index in [4.69, 9.17) is 4.74 Å². The van der Waals surface area contributed by atoms with Crippen LogP contribution in [0.15, 0.2) is 46.9 Å². The molecule has 148 valence electrons. The predicted molar refractivity (Wildman–Crippen MR) is 107 cm³/mol. The Morgan fingerprint density at radius 2 is 1.71 bits per heavy atom. The number of carbonyl (C=O) groups is 3. The Labute approximate surface area is 170 Å². The Morgan fingerprint density at radius 1 is 1.00 bits per heavy atom. The molecule has 0 bridgehead atoms. The molecule has 0 radical (unpaired) electrons. The van der Waals surface area contributed by atoms with Crippen molar-refractivity contribution in [1.29, 1.82) is 0 Å². The zero-order valence-corrected chi connectivity index (χ0v) is 16.8. The summed E-state index contributed by atoms with van der Waals surface area (Å²) in [4.78, 5) is 35.5. The van der Waals surface area contributed by atoms with Crippen LogP contribution in [-0.2, 0) is 25.5 Å². The van der Waals surface area contributed by atoms with Gasteiger partial charge in [0.05, 0.1) is 6.42 Å². The first-order valence-corrected chi connectivity index (χ1v) is 9.46. The number of aryl methyl sites for hydroxylation is 1. The van der Waals surface area contributed by atoms with Crippen molar-refractivity contribution in [3.8, 4) is 0 Å². The highest BCUT2D eigenvalue weighted by molar-refractivity contribution is 9.10. The summed E-state index contributed by atoms with van der Waals surface area (Å²) in [6.07, 6.45) is 0.460. The lowest BCUT2D eigenvalue weighted by Crippen LogP contribution is -2.22. The Hall–Kier alpha value is -2.74. The highest BCUT2D eigenvalue weighted by Crippen LogP contribution is 2.21. The van der Waals surface area contributed by atoms with E-state index in [9.17, 15) is 18.8 Å². The van der Waals surface area contributed by atoms with Crippen LogP contribution in [0.1, 0.15) is 25.3 Å². The van der Waals surface area contributed by atoms with E-state index in [2.05, 4.69) is 26.6 Å². The highest BCUT2D eigenvalue weighted by atomic mass is 79.9. The number of anilines is 2. The summed E-state index contributed by atoms with van der Waals surface area (Å²) in [5, 5.41) is 5.24. The fraction of sp³-hybridized carbons (Fsp3) is 0.250. The van der Waals surface area contributed by atoms with E-state index in [0.717, 1.165) is 16.5 Å². The number of rotatable bonds is 8. The lowest BCUT2D eigenvalue weighted by atomic mass is 10.1. The van der Waals surface area contributed by atoms with Crippen molar-refractivity contribution in [3.05, 3.63) is 58.3 Å². The average molecular weight is 451 g/mol. The molecule has 28 heavy (non-hydrogen) atoms. The summed E-state index contributed by atoms with van der Waals surface area (Å²) >= 11 is 3.37. The van der Waals surface area contributed by atoms with Gasteiger partial charge >= 0.3 is 5.97 Å². The third kappa shape index (κ3) is 7.11. The number of benzene rings is 2. The Morgan fingerprint density at radius 3 is 2.39 bits per heavy atom. The van der Waals surface area contributed by atoms with Gasteiger partial charge in [-0.2, -0.15) is 0 Å². The second kappa shape index (κ2) is 10.6. The average Bonchev–Trinajstić information content (AvgIpc) is 2.68. The molecule has 0 heterocycles. The van der Waals surface area contributed by atoms with Crippen LogP contribution in [0.2, 0.25) is 0 Å². The van der Waals surface area contributed by atoms with Gasteiger partial charge in [-0.3, -0.25) is 14.4 Å². The van der Waals surface area contributed by atoms with E-state index in [1.807, 2.05) is 13.0 Å². The van der Waals surface area contributed by atoms with Crippen molar-refractivity contribution in [2.24, 2.45) is 0 Å². The van der Waals surface area contributed by atoms with Gasteiger partial charge in [0.1, 0.15) is 5.82 Å². The molecule has 2 amide bonds. The number of hydrogen-bond acceptors (Lipinski definition) is 4. The molecule has 2 rings (SSSR count). The van der Waals surface area contributed by atoms with E-state index < -0.39 is 30.2 Å². The molecule has 0 saturated heterocycles. The number of esters is 1. The minimum atomic E-state index is -0.657. The smallest absolute Gasteiger partial charge is 0.306 e. The van der Waals surface area contributed by atoms with Gasteiger partial charge in [0.2, 0.25) is 5.91 Å². The molecule has 2 aromatic rings. The van der Waals surface area contributed by atoms with Crippen LogP contribution >= 0.6 is 15.9 Å². The van der Waals surface area contributed by atoms with Gasteiger partial charge in [0, 0.05) is 22.3 Å². The number of halogens is 2. The van der Waals surface area contributed by atoms with E-state index in [-0.39, 0.29) is 12.8 Å². The molecule has 2 N–H and O–H groups in total. The van der Waals surface area contributed by atoms with Crippen LogP contribution in [0.4, 0.5) is 15.8 Å². The highest BCUT2D eigenvalue weighted by Gasteiger charge is 2.12. The van der Waals surface area contributed by atoms with E-state index in [1.54, 1.807) is 12.1 Å². The normalized spacial score (nSPS) is 10.2. The van der Waals surface area contributed by atoms with Crippen LogP contribution in [0.5, 0.6) is 0 Å². The molecule has 8 heteroatoms. The van der Waals surface area contributed by atoms with E-state index >= 15 is 0 Å². The molecule has 0 fully saturated rings. The first-order valence-electron chi connectivity index (χ1n) is 8.66. The Kier molecular flexibility index (Phi) is 8.13. The third-order valence-corrected chi connectivity index (χ3v) is 4.26. The molecule has 0 aliphatic carbocycles. The number of hydrogen-bond donors (Lipinski definition) is 2. The van der Waals surface area contributed by atoms with Gasteiger partial charge in [-0.15, -0.1) is 0 Å². The first-order chi connectivity index (χ1) is 13.4. The fourth-order valence-electron chi connectivity index (χ4n) is 2.35. The summed E-state index contributed by atoms with van der Waals surface area (Å²) in [6.45, 7) is 1.53. The second-order valence-corrected chi connectivity index (χ2v) is 6.83. The van der Waals surface area contributed by atoms with Gasteiger partial charge in [-0.1, -0.05) is 22.9 Å². The molecular formula is C20H20BrFN2O4. The molecule has 0 aliphatic heterocycles. The maximum Gasteiger partial charge on any atom is 0.306 e. The zero-order valence-electron chi connectivity index (χ0n) is 15.3. The summed E-state index contributed by atoms with van der Waals surface area (Å²) in [7, 11) is 0. The van der Waals surface area contributed by atoms with Gasteiger partial charge < -0.3 is 15.4 Å². The summed E-state index contributed by atoms with van der Waals surface area (Å²) < 4.78 is 18.6. The van der Waals surface area contributed by atoms with Crippen molar-refractivity contribution in [2.45, 2.75) is 26.2 Å². The zero-order chi connectivity index (χ0) is 20.5. The van der Waals surface area contributed by atoms with E-state index in [0.29, 0.717) is 11.4 Å². The number of amides is 2. The number of ether oxygens (including phenoxy) is 1. The summed E-state index contributed by atoms with van der Waals surface area (Å²) in [5.41, 5.74) is 2.04. The summed E-state index contributed by atoms with van der Waals surface area (Å²) in [6, 6.07) is 10.8. The lowest BCUT2D eigenvalue weighted by molar-refractivity contribution is -0.147. The fourth-order valence-corrected chi connectivity index (χ4v) is 2.76. The van der Waals surface area contributed by atoms with Crippen LogP contribution < -0.4 is 10.6 Å². The second-order valence-electron chi connectivity index (χ2n) is 5.92. The molecule has 0 spiro atoms. The van der Waals surface area contributed by atoms with Crippen molar-refractivity contribution in [2.75, 3.05) is 17.2 Å². The van der Waals surface area contributed by atoms with Gasteiger partial charge in [0.25, 0.3) is 5.91 Å². The topological polar surface area (TPSA) is 84.5 Å². The van der Waals surface area contributed by atoms with E-state index in [1.165, 1.54) is 24.3 Å². The van der Waals surface area contributed by atoms with Crippen molar-refractivity contribution in [1.82, 2.24) is 0 Å². The standard InChI is InChI=1S/C20H20BrFN2O4/c1-2-13-11-14(21)3-8-17(13)24-19(26)12-28-20(27)10-9-18(25)23-16-6-4-15(22)5-7-16/h3-8,11H,2,9-10,12H2,1H3,(H,23,25)(H,24,26). The molecule has 0 atom stereocenters. The maximum absolute atomic E-state index is 12.8. The first kappa shape index (κ1) is 21.6. The quantitative estimate of drug-likeness (QED) is 0.594. The van der Waals surface area contributed by atoms with Crippen LogP contribution in [0.25, 0.3) is 0 Å². The van der Waals surface area contributed by atoms with Crippen LogP contribution in [0.3, 0.4) is 0 Å². The largest absolute Gasteiger partial charge is 0.456 e. The minimum Gasteiger partial charge on any atom is -0.456 e. The van der Waals surface area contributed by atoms with Gasteiger partial charge in [-0.25, -0.2) is 4.39 Å². The van der Waals surface area contributed by atoms with Crippen molar-refractivity contribution >= 4 is 45.1 Å². The van der Waals surface area contributed by atoms with Crippen molar-refractivity contribution < 1.29 is 23.5 Å². The summed E-state index contributed by atoms with van der Waals surface area (Å²) in [5.74, 6) is -1.93. The lowest BCUT2D eigenvalue weighted by Gasteiger charge is -2.11. The molecule has 6 nitrogen and oxygen atoms in total. The third-order valence-electron chi connectivity index (χ3n) is 3.77. The molecule has 2 aromatic carbocycles. The number of nitrogens with one attached hydrogen (secondary N) is 2. The van der Waals surface area contributed by atoms with Crippen LogP contribution in [0, 0.1) is 5.82 Å². The number of carbonyl (C=O) groups excluding carboxylic acids is 3. The molecule has 0 aromatic heterocycles. The Balaban J connectivity index is 1.72. The predicted octanol–water partition coefficient (Wildman–Crippen LogP) is 4.05. The monoisotopic (exact) mass is 450 g/mol. The van der Waals surface area contributed by atoms with Gasteiger partial charge in [-0.05, 0) is 54.4 Å². The van der Waals surface area contributed by atoms with Gasteiger partial charge in [0.15, 0.2) is 6.61 Å². The SMILES string of the molecule is CCc1cc(Br)ccc1NC(=O)COC(=O)CCC(=O)Nc1ccc(F)cc1.